The van der Waals surface area contributed by atoms with Gasteiger partial charge in [0.1, 0.15) is 17.2 Å². The first-order valence-electron chi connectivity index (χ1n) is 5.12. The van der Waals surface area contributed by atoms with E-state index < -0.39 is 0 Å². The van der Waals surface area contributed by atoms with E-state index in [9.17, 15) is 5.11 Å². The molecule has 0 atom stereocenters. The van der Waals surface area contributed by atoms with Gasteiger partial charge in [0.25, 0.3) is 0 Å². The smallest absolute Gasteiger partial charge is 0.148 e. The third-order valence-corrected chi connectivity index (χ3v) is 4.61. The third-order valence-electron chi connectivity index (χ3n) is 2.79. The summed E-state index contributed by atoms with van der Waals surface area (Å²) in [6, 6.07) is 10.0. The molecule has 3 rings (SSSR count). The molecule has 0 aromatic heterocycles. The molecule has 0 bridgehead atoms. The van der Waals surface area contributed by atoms with Crippen LogP contribution >= 0.6 is 45.2 Å². The maximum absolute atomic E-state index is 9.92. The van der Waals surface area contributed by atoms with Gasteiger partial charge in [0.05, 0.1) is 7.14 Å². The van der Waals surface area contributed by atoms with Crippen LogP contribution in [0.4, 0.5) is 0 Å². The van der Waals surface area contributed by atoms with Crippen LogP contribution in [0.2, 0.25) is 0 Å². The highest BCUT2D eigenvalue weighted by molar-refractivity contribution is 14.1. The Labute approximate surface area is 126 Å². The van der Waals surface area contributed by atoms with E-state index in [4.69, 9.17) is 4.74 Å². The first-order valence-corrected chi connectivity index (χ1v) is 7.28. The molecule has 0 saturated heterocycles. The van der Waals surface area contributed by atoms with Crippen molar-refractivity contribution in [2.24, 2.45) is 0 Å². The lowest BCUT2D eigenvalue weighted by Gasteiger charge is -2.22. The second kappa shape index (κ2) is 4.31. The Bertz CT molecular complexity index is 609. The Kier molecular flexibility index (Phi) is 2.94. The van der Waals surface area contributed by atoms with Gasteiger partial charge >= 0.3 is 0 Å². The SMILES string of the molecule is Oc1c(I)cc2c(c1I)Oc1ccccc1C2. The van der Waals surface area contributed by atoms with Gasteiger partial charge in [0.2, 0.25) is 0 Å². The van der Waals surface area contributed by atoms with E-state index in [2.05, 4.69) is 51.2 Å². The van der Waals surface area contributed by atoms with Crippen LogP contribution in [0.5, 0.6) is 17.2 Å². The zero-order valence-corrected chi connectivity index (χ0v) is 13.0. The number of para-hydroxylation sites is 1. The molecule has 1 heterocycles. The van der Waals surface area contributed by atoms with Crippen LogP contribution in [0.15, 0.2) is 30.3 Å². The zero-order valence-electron chi connectivity index (χ0n) is 8.71. The monoisotopic (exact) mass is 450 g/mol. The molecule has 17 heavy (non-hydrogen) atoms. The van der Waals surface area contributed by atoms with Crippen molar-refractivity contribution >= 4 is 45.2 Å². The van der Waals surface area contributed by atoms with Crippen LogP contribution in [0.3, 0.4) is 0 Å². The Morgan fingerprint density at radius 2 is 1.88 bits per heavy atom. The molecule has 2 aromatic carbocycles. The van der Waals surface area contributed by atoms with E-state index in [1.807, 2.05) is 24.3 Å². The van der Waals surface area contributed by atoms with Crippen molar-refractivity contribution in [1.82, 2.24) is 0 Å². The van der Waals surface area contributed by atoms with Gasteiger partial charge in [-0.15, -0.1) is 0 Å². The number of aromatic hydroxyl groups is 1. The van der Waals surface area contributed by atoms with Crippen LogP contribution in [-0.2, 0) is 6.42 Å². The van der Waals surface area contributed by atoms with Crippen LogP contribution in [0, 0.1) is 7.14 Å². The predicted molar refractivity (Wildman–Crippen MR) is 82.9 cm³/mol. The average Bonchev–Trinajstić information content (AvgIpc) is 2.34. The minimum Gasteiger partial charge on any atom is -0.506 e. The number of phenolic OH excluding ortho intramolecular Hbond substituents is 1. The normalized spacial score (nSPS) is 12.6. The largest absolute Gasteiger partial charge is 0.506 e. The van der Waals surface area contributed by atoms with Gasteiger partial charge in [0.15, 0.2) is 0 Å². The molecule has 2 nitrogen and oxygen atoms in total. The minimum absolute atomic E-state index is 0.310. The first-order chi connectivity index (χ1) is 8.16. The summed E-state index contributed by atoms with van der Waals surface area (Å²) in [7, 11) is 0. The number of phenols is 1. The van der Waals surface area contributed by atoms with Crippen LogP contribution < -0.4 is 4.74 Å². The number of hydrogen-bond donors (Lipinski definition) is 1. The molecular formula is C13H8I2O2. The summed E-state index contributed by atoms with van der Waals surface area (Å²) < 4.78 is 7.53. The molecule has 1 aliphatic rings. The lowest BCUT2D eigenvalue weighted by atomic mass is 10.0. The molecule has 0 amide bonds. The molecule has 2 aromatic rings. The van der Waals surface area contributed by atoms with Crippen LogP contribution in [-0.4, -0.2) is 5.11 Å². The summed E-state index contributed by atoms with van der Waals surface area (Å²) in [5.41, 5.74) is 2.33. The van der Waals surface area contributed by atoms with Crippen molar-refractivity contribution in [2.75, 3.05) is 0 Å². The number of hydrogen-bond acceptors (Lipinski definition) is 2. The second-order valence-electron chi connectivity index (χ2n) is 3.90. The van der Waals surface area contributed by atoms with Crippen molar-refractivity contribution in [2.45, 2.75) is 6.42 Å². The van der Waals surface area contributed by atoms with E-state index in [0.29, 0.717) is 5.75 Å². The van der Waals surface area contributed by atoms with Crippen molar-refractivity contribution in [3.8, 4) is 17.2 Å². The summed E-state index contributed by atoms with van der Waals surface area (Å²) in [4.78, 5) is 0. The number of benzene rings is 2. The van der Waals surface area contributed by atoms with Crippen molar-refractivity contribution < 1.29 is 9.84 Å². The predicted octanol–water partition coefficient (Wildman–Crippen LogP) is 4.30. The van der Waals surface area contributed by atoms with Crippen molar-refractivity contribution in [1.29, 1.82) is 0 Å². The standard InChI is InChI=1S/C13H8I2O2/c14-9-6-8-5-7-3-1-2-4-10(7)17-13(8)11(15)12(9)16/h1-4,6,16H,5H2. The number of ether oxygens (including phenoxy) is 1. The summed E-state index contributed by atoms with van der Waals surface area (Å²) in [6.45, 7) is 0. The van der Waals surface area contributed by atoms with Crippen LogP contribution in [0.25, 0.3) is 0 Å². The molecule has 1 N–H and O–H groups in total. The van der Waals surface area contributed by atoms with E-state index in [0.717, 1.165) is 30.6 Å². The lowest BCUT2D eigenvalue weighted by Crippen LogP contribution is -2.05. The fourth-order valence-electron chi connectivity index (χ4n) is 1.95. The molecule has 86 valence electrons. The molecular weight excluding hydrogens is 442 g/mol. The van der Waals surface area contributed by atoms with Gasteiger partial charge in [0, 0.05) is 12.0 Å². The molecule has 4 heteroatoms. The molecule has 0 saturated carbocycles. The number of fused-ring (bicyclic) bond motifs is 2. The Morgan fingerprint density at radius 3 is 2.71 bits per heavy atom. The maximum atomic E-state index is 9.92. The van der Waals surface area contributed by atoms with Crippen molar-refractivity contribution in [3.05, 3.63) is 48.6 Å². The second-order valence-corrected chi connectivity index (χ2v) is 6.14. The van der Waals surface area contributed by atoms with Gasteiger partial charge in [-0.3, -0.25) is 0 Å². The number of halogens is 2. The Morgan fingerprint density at radius 1 is 1.12 bits per heavy atom. The van der Waals surface area contributed by atoms with E-state index >= 15 is 0 Å². The zero-order chi connectivity index (χ0) is 12.0. The molecule has 0 fully saturated rings. The summed E-state index contributed by atoms with van der Waals surface area (Å²) in [6.07, 6.45) is 0.859. The van der Waals surface area contributed by atoms with Gasteiger partial charge in [-0.05, 0) is 62.9 Å². The molecule has 0 spiro atoms. The maximum Gasteiger partial charge on any atom is 0.148 e. The average molecular weight is 450 g/mol. The summed E-state index contributed by atoms with van der Waals surface area (Å²) >= 11 is 4.28. The van der Waals surface area contributed by atoms with Crippen LogP contribution in [0.1, 0.15) is 11.1 Å². The van der Waals surface area contributed by atoms with Gasteiger partial charge in [-0.2, -0.15) is 0 Å². The van der Waals surface area contributed by atoms with E-state index in [-0.39, 0.29) is 0 Å². The molecule has 0 aliphatic carbocycles. The summed E-state index contributed by atoms with van der Waals surface area (Å²) in [5, 5.41) is 9.92. The summed E-state index contributed by atoms with van der Waals surface area (Å²) in [5.74, 6) is 1.99. The molecule has 1 aliphatic heterocycles. The van der Waals surface area contributed by atoms with Crippen molar-refractivity contribution in [3.63, 3.8) is 0 Å². The highest BCUT2D eigenvalue weighted by Crippen LogP contribution is 2.44. The highest BCUT2D eigenvalue weighted by Gasteiger charge is 2.22. The Balaban J connectivity index is 2.18. The lowest BCUT2D eigenvalue weighted by molar-refractivity contribution is 0.433. The fourth-order valence-corrected chi connectivity index (χ4v) is 3.86. The molecule has 0 radical (unpaired) electrons. The highest BCUT2D eigenvalue weighted by atomic mass is 127. The molecule has 0 unspecified atom stereocenters. The van der Waals surface area contributed by atoms with E-state index in [1.165, 1.54) is 5.56 Å². The first kappa shape index (κ1) is 11.6. The fraction of sp³-hybridized carbons (Fsp3) is 0.0769. The van der Waals surface area contributed by atoms with Gasteiger partial charge in [-0.1, -0.05) is 18.2 Å². The Hall–Kier alpha value is -0.500. The number of rotatable bonds is 0. The third kappa shape index (κ3) is 1.91. The van der Waals surface area contributed by atoms with E-state index in [1.54, 1.807) is 0 Å². The topological polar surface area (TPSA) is 29.5 Å². The quantitative estimate of drug-likeness (QED) is 0.518. The van der Waals surface area contributed by atoms with Gasteiger partial charge in [-0.25, -0.2) is 0 Å². The minimum atomic E-state index is 0.310. The van der Waals surface area contributed by atoms with Gasteiger partial charge < -0.3 is 9.84 Å².